The molecule has 0 N–H and O–H groups in total. The molecule has 3 heteroatoms. The second-order valence-corrected chi connectivity index (χ2v) is 6.45. The van der Waals surface area contributed by atoms with Crippen molar-refractivity contribution in [3.8, 4) is 0 Å². The maximum absolute atomic E-state index is 5.89. The Hall–Kier alpha value is -0.640. The summed E-state index contributed by atoms with van der Waals surface area (Å²) in [5.74, 6) is 0. The highest BCUT2D eigenvalue weighted by atomic mass is 79.9. The molecule has 1 aliphatic rings. The number of ether oxygens (including phenoxy) is 2. The fourth-order valence-electron chi connectivity index (χ4n) is 1.73. The molecule has 0 saturated carbocycles. The third-order valence-electron chi connectivity index (χ3n) is 3.59. The van der Waals surface area contributed by atoms with Gasteiger partial charge in [0.05, 0.1) is 11.2 Å². The van der Waals surface area contributed by atoms with Crippen LogP contribution in [0, 0.1) is 0 Å². The molecule has 1 fully saturated rings. The van der Waals surface area contributed by atoms with Crippen LogP contribution in [0.15, 0.2) is 34.8 Å². The molecule has 0 aliphatic carbocycles. The van der Waals surface area contributed by atoms with Gasteiger partial charge in [-0.15, -0.1) is 0 Å². The van der Waals surface area contributed by atoms with Crippen LogP contribution in [0.3, 0.4) is 0 Å². The van der Waals surface area contributed by atoms with E-state index < -0.39 is 0 Å². The fourth-order valence-corrected chi connectivity index (χ4v) is 2.00. The van der Waals surface area contributed by atoms with Crippen molar-refractivity contribution in [2.75, 3.05) is 0 Å². The van der Waals surface area contributed by atoms with E-state index in [-0.39, 0.29) is 17.5 Å². The van der Waals surface area contributed by atoms with Crippen LogP contribution in [-0.4, -0.2) is 17.5 Å². The van der Waals surface area contributed by atoms with Crippen molar-refractivity contribution in [2.24, 2.45) is 0 Å². The van der Waals surface area contributed by atoms with Crippen molar-refractivity contribution in [2.45, 2.75) is 45.2 Å². The Morgan fingerprint density at radius 3 is 2.00 bits per heavy atom. The van der Waals surface area contributed by atoms with Crippen molar-refractivity contribution >= 4 is 22.0 Å². The Balaban J connectivity index is 2.06. The molecule has 0 spiro atoms. The van der Waals surface area contributed by atoms with Crippen molar-refractivity contribution in [3.05, 3.63) is 40.4 Å². The first kappa shape index (κ1) is 13.8. The Morgan fingerprint density at radius 1 is 1.00 bits per heavy atom. The largest absolute Gasteiger partial charge is 0.340 e. The molecule has 1 aromatic rings. The molecule has 0 unspecified atom stereocenters. The summed E-state index contributed by atoms with van der Waals surface area (Å²) < 4.78 is 12.9. The smallest absolute Gasteiger partial charge is 0.178 e. The van der Waals surface area contributed by atoms with Crippen LogP contribution in [0.4, 0.5) is 0 Å². The van der Waals surface area contributed by atoms with Gasteiger partial charge in [0.25, 0.3) is 0 Å². The molecule has 1 aromatic carbocycles. The lowest BCUT2D eigenvalue weighted by atomic mass is 9.90. The van der Waals surface area contributed by atoms with Gasteiger partial charge in [-0.25, -0.2) is 0 Å². The van der Waals surface area contributed by atoms with Crippen LogP contribution in [0.5, 0.6) is 0 Å². The monoisotopic (exact) mass is 310 g/mol. The van der Waals surface area contributed by atoms with E-state index in [1.807, 2.05) is 36.4 Å². The van der Waals surface area contributed by atoms with E-state index in [4.69, 9.17) is 9.47 Å². The van der Waals surface area contributed by atoms with Gasteiger partial charge in [-0.2, -0.15) is 0 Å². The summed E-state index contributed by atoms with van der Waals surface area (Å²) in [4.78, 5) is 0. The van der Waals surface area contributed by atoms with Gasteiger partial charge in [0, 0.05) is 4.47 Å². The number of hydrogen-bond donors (Lipinski definition) is 0. The maximum Gasteiger partial charge on any atom is 0.178 e. The molecule has 0 aromatic heterocycles. The maximum atomic E-state index is 5.89. The van der Waals surface area contributed by atoms with E-state index in [1.165, 1.54) is 0 Å². The predicted molar refractivity (Wildman–Crippen MR) is 77.3 cm³/mol. The van der Waals surface area contributed by atoms with E-state index in [1.54, 1.807) is 0 Å². The van der Waals surface area contributed by atoms with E-state index in [9.17, 15) is 0 Å². The van der Waals surface area contributed by atoms with Crippen LogP contribution < -0.4 is 0 Å². The predicted octanol–water partition coefficient (Wildman–Crippen LogP) is 4.39. The first-order chi connectivity index (χ1) is 8.30. The quantitative estimate of drug-likeness (QED) is 0.806. The third-order valence-corrected chi connectivity index (χ3v) is 4.12. The fraction of sp³-hybridized carbons (Fsp3) is 0.467. The second kappa shape index (κ2) is 4.80. The average Bonchev–Trinajstić information content (AvgIpc) is 2.47. The van der Waals surface area contributed by atoms with Crippen LogP contribution in [0.25, 0.3) is 6.08 Å². The molecular weight excluding hydrogens is 292 g/mol. The van der Waals surface area contributed by atoms with Crippen LogP contribution in [-0.2, 0) is 9.47 Å². The van der Waals surface area contributed by atoms with E-state index in [0.29, 0.717) is 0 Å². The van der Waals surface area contributed by atoms with Crippen molar-refractivity contribution in [1.82, 2.24) is 0 Å². The number of rotatable bonds is 2. The summed E-state index contributed by atoms with van der Waals surface area (Å²) in [7, 11) is 0. The summed E-state index contributed by atoms with van der Waals surface area (Å²) in [6.45, 7) is 8.22. The lowest BCUT2D eigenvalue weighted by Gasteiger charge is -2.30. The van der Waals surface area contributed by atoms with Crippen LogP contribution in [0.2, 0.25) is 0 Å². The minimum atomic E-state index is -0.279. The Bertz CT molecular complexity index is 430. The van der Waals surface area contributed by atoms with Gasteiger partial charge < -0.3 is 9.47 Å². The molecule has 1 heterocycles. The normalized spacial score (nSPS) is 22.7. The standard InChI is InChI=1S/C15H19BrO2/c1-14(2)15(3,4)18-13(17-14)10-7-11-5-8-12(16)9-6-11/h5-10,13H,1-4H3/b10-7+. The van der Waals surface area contributed by atoms with Crippen LogP contribution >= 0.6 is 15.9 Å². The SMILES string of the molecule is CC1(C)OC(/C=C/c2ccc(Br)cc2)OC1(C)C. The number of hydrogen-bond acceptors (Lipinski definition) is 2. The molecule has 0 atom stereocenters. The van der Waals surface area contributed by atoms with Gasteiger partial charge in [0.15, 0.2) is 6.29 Å². The first-order valence-electron chi connectivity index (χ1n) is 6.10. The second-order valence-electron chi connectivity index (χ2n) is 5.54. The highest BCUT2D eigenvalue weighted by Gasteiger charge is 2.48. The Kier molecular flexibility index (Phi) is 3.67. The summed E-state index contributed by atoms with van der Waals surface area (Å²) in [6, 6.07) is 8.13. The lowest BCUT2D eigenvalue weighted by Crippen LogP contribution is -2.41. The number of benzene rings is 1. The zero-order chi connectivity index (χ0) is 13.4. The van der Waals surface area contributed by atoms with Gasteiger partial charge in [-0.3, -0.25) is 0 Å². The van der Waals surface area contributed by atoms with Crippen molar-refractivity contribution in [3.63, 3.8) is 0 Å². The Morgan fingerprint density at radius 2 is 1.50 bits per heavy atom. The summed E-state index contributed by atoms with van der Waals surface area (Å²) in [6.07, 6.45) is 3.70. The third kappa shape index (κ3) is 2.85. The highest BCUT2D eigenvalue weighted by molar-refractivity contribution is 9.10. The Labute approximate surface area is 117 Å². The average molecular weight is 311 g/mol. The summed E-state index contributed by atoms with van der Waals surface area (Å²) in [5.41, 5.74) is 0.580. The summed E-state index contributed by atoms with van der Waals surface area (Å²) in [5, 5.41) is 0. The number of halogens is 1. The van der Waals surface area contributed by atoms with Gasteiger partial charge in [-0.1, -0.05) is 34.1 Å². The minimum Gasteiger partial charge on any atom is -0.340 e. The molecule has 1 saturated heterocycles. The lowest BCUT2D eigenvalue weighted by molar-refractivity contribution is -0.0499. The minimum absolute atomic E-state index is 0.276. The van der Waals surface area contributed by atoms with Gasteiger partial charge in [-0.05, 0) is 51.5 Å². The van der Waals surface area contributed by atoms with Crippen molar-refractivity contribution in [1.29, 1.82) is 0 Å². The molecular formula is C15H19BrO2. The van der Waals surface area contributed by atoms with E-state index in [2.05, 4.69) is 43.6 Å². The zero-order valence-corrected chi connectivity index (χ0v) is 12.8. The van der Waals surface area contributed by atoms with Gasteiger partial charge in [0.1, 0.15) is 0 Å². The molecule has 18 heavy (non-hydrogen) atoms. The molecule has 0 radical (unpaired) electrons. The van der Waals surface area contributed by atoms with E-state index in [0.717, 1.165) is 10.0 Å². The zero-order valence-electron chi connectivity index (χ0n) is 11.2. The first-order valence-corrected chi connectivity index (χ1v) is 6.89. The molecule has 0 amide bonds. The molecule has 2 rings (SSSR count). The molecule has 0 bridgehead atoms. The van der Waals surface area contributed by atoms with Gasteiger partial charge in [0.2, 0.25) is 0 Å². The highest BCUT2D eigenvalue weighted by Crippen LogP contribution is 2.38. The molecule has 98 valence electrons. The molecule has 2 nitrogen and oxygen atoms in total. The van der Waals surface area contributed by atoms with Crippen molar-refractivity contribution < 1.29 is 9.47 Å². The van der Waals surface area contributed by atoms with Crippen LogP contribution in [0.1, 0.15) is 33.3 Å². The van der Waals surface area contributed by atoms with E-state index >= 15 is 0 Å². The topological polar surface area (TPSA) is 18.5 Å². The van der Waals surface area contributed by atoms with Gasteiger partial charge >= 0.3 is 0 Å². The summed E-state index contributed by atoms with van der Waals surface area (Å²) >= 11 is 3.42. The molecule has 1 aliphatic heterocycles.